The lowest BCUT2D eigenvalue weighted by atomic mass is 9.94. The molecule has 1 fully saturated rings. The van der Waals surface area contributed by atoms with E-state index in [1.165, 1.54) is 25.7 Å². The third-order valence-corrected chi connectivity index (χ3v) is 5.00. The third-order valence-electron chi connectivity index (χ3n) is 5.00. The van der Waals surface area contributed by atoms with Crippen molar-refractivity contribution in [1.82, 2.24) is 0 Å². The average Bonchev–Trinajstić information content (AvgIpc) is 3.01. The Morgan fingerprint density at radius 3 is 2.76 bits per heavy atom. The zero-order valence-corrected chi connectivity index (χ0v) is 12.7. The molecule has 0 spiro atoms. The van der Waals surface area contributed by atoms with Crippen molar-refractivity contribution in [1.29, 1.82) is 0 Å². The molecule has 3 rings (SSSR count). The van der Waals surface area contributed by atoms with Crippen LogP contribution in [0.15, 0.2) is 18.2 Å². The maximum absolute atomic E-state index is 12.4. The number of amides is 1. The molecule has 1 aliphatic heterocycles. The number of rotatable bonds is 4. The number of hydrogen-bond donors (Lipinski definition) is 0. The van der Waals surface area contributed by atoms with Gasteiger partial charge in [0.25, 0.3) is 0 Å². The predicted octanol–water partition coefficient (Wildman–Crippen LogP) is 3.75. The van der Waals surface area contributed by atoms with E-state index in [2.05, 4.69) is 0 Å². The van der Waals surface area contributed by atoms with Gasteiger partial charge in [-0.25, -0.2) is 0 Å². The third kappa shape index (κ3) is 3.02. The smallest absolute Gasteiger partial charge is 0.227 e. The van der Waals surface area contributed by atoms with Gasteiger partial charge in [-0.2, -0.15) is 0 Å². The molecule has 1 aromatic carbocycles. The average molecular weight is 285 g/mol. The van der Waals surface area contributed by atoms with E-state index >= 15 is 0 Å². The molecule has 1 heterocycles. The van der Waals surface area contributed by atoms with Crippen molar-refractivity contribution in [3.63, 3.8) is 0 Å². The Kier molecular flexibility index (Phi) is 4.09. The van der Waals surface area contributed by atoms with E-state index in [9.17, 15) is 9.59 Å². The highest BCUT2D eigenvalue weighted by Gasteiger charge is 2.22. The Bertz CT molecular complexity index is 558. The van der Waals surface area contributed by atoms with Gasteiger partial charge < -0.3 is 4.90 Å². The van der Waals surface area contributed by atoms with Crippen molar-refractivity contribution in [2.45, 2.75) is 51.4 Å². The van der Waals surface area contributed by atoms with Gasteiger partial charge in [-0.1, -0.05) is 25.7 Å². The van der Waals surface area contributed by atoms with Crippen LogP contribution in [-0.2, 0) is 11.2 Å². The van der Waals surface area contributed by atoms with Gasteiger partial charge in [0.05, 0.1) is 0 Å². The molecule has 0 saturated heterocycles. The van der Waals surface area contributed by atoms with Gasteiger partial charge in [0.2, 0.25) is 5.91 Å². The molecule has 112 valence electrons. The molecule has 0 radical (unpaired) electrons. The number of Topliss-reactive ketones (excluding diaryl/α,β-unsaturated/α-hetero) is 1. The Morgan fingerprint density at radius 2 is 2.00 bits per heavy atom. The maximum Gasteiger partial charge on any atom is 0.227 e. The molecule has 0 aromatic heterocycles. The Morgan fingerprint density at radius 1 is 1.24 bits per heavy atom. The number of hydrogen-bond acceptors (Lipinski definition) is 2. The maximum atomic E-state index is 12.4. The molecule has 0 bridgehead atoms. The summed E-state index contributed by atoms with van der Waals surface area (Å²) in [6.07, 6.45) is 8.25. The van der Waals surface area contributed by atoms with Crippen LogP contribution in [0.25, 0.3) is 0 Å². The normalized spacial score (nSPS) is 18.9. The number of nitrogens with zero attached hydrogens (tertiary/aromatic N) is 1. The van der Waals surface area contributed by atoms with Gasteiger partial charge in [-0.05, 0) is 42.5 Å². The van der Waals surface area contributed by atoms with E-state index < -0.39 is 0 Å². The molecule has 1 aliphatic carbocycles. The van der Waals surface area contributed by atoms with Crippen LogP contribution in [0, 0.1) is 5.92 Å². The fourth-order valence-corrected chi connectivity index (χ4v) is 3.61. The molecule has 1 saturated carbocycles. The number of carbonyl (C=O) groups is 2. The Balaban J connectivity index is 1.68. The van der Waals surface area contributed by atoms with Crippen LogP contribution in [-0.4, -0.2) is 18.7 Å². The van der Waals surface area contributed by atoms with Gasteiger partial charge in [0.15, 0.2) is 5.78 Å². The Hall–Kier alpha value is -1.64. The molecular formula is C18H23NO2. The summed E-state index contributed by atoms with van der Waals surface area (Å²) in [7, 11) is 1.81. The van der Waals surface area contributed by atoms with E-state index in [-0.39, 0.29) is 11.7 Å². The summed E-state index contributed by atoms with van der Waals surface area (Å²) in [5.41, 5.74) is 2.90. The summed E-state index contributed by atoms with van der Waals surface area (Å²) in [6, 6.07) is 5.80. The lowest BCUT2D eigenvalue weighted by Gasteiger charge is -2.26. The van der Waals surface area contributed by atoms with Gasteiger partial charge in [-0.15, -0.1) is 0 Å². The molecule has 1 aromatic rings. The van der Waals surface area contributed by atoms with Crippen molar-refractivity contribution in [2.24, 2.45) is 5.92 Å². The van der Waals surface area contributed by atoms with Crippen LogP contribution in [0.5, 0.6) is 0 Å². The van der Waals surface area contributed by atoms with Crippen LogP contribution in [0.1, 0.15) is 60.9 Å². The molecule has 2 aliphatic rings. The topological polar surface area (TPSA) is 37.4 Å². The van der Waals surface area contributed by atoms with E-state index in [0.717, 1.165) is 35.6 Å². The van der Waals surface area contributed by atoms with E-state index in [1.54, 1.807) is 4.90 Å². The lowest BCUT2D eigenvalue weighted by molar-refractivity contribution is -0.118. The molecule has 21 heavy (non-hydrogen) atoms. The summed E-state index contributed by atoms with van der Waals surface area (Å²) >= 11 is 0. The largest absolute Gasteiger partial charge is 0.315 e. The molecule has 1 amide bonds. The van der Waals surface area contributed by atoms with Crippen molar-refractivity contribution in [2.75, 3.05) is 11.9 Å². The predicted molar refractivity (Wildman–Crippen MR) is 83.7 cm³/mol. The standard InChI is InChI=1S/C18H23NO2/c1-19-16-9-7-15(12-14(16)8-11-18(19)21)17(20)10-6-13-4-2-3-5-13/h7,9,12-13H,2-6,8,10-11H2,1H3. The quantitative estimate of drug-likeness (QED) is 0.790. The highest BCUT2D eigenvalue weighted by atomic mass is 16.2. The van der Waals surface area contributed by atoms with Crippen molar-refractivity contribution in [3.8, 4) is 0 Å². The van der Waals surface area contributed by atoms with Gasteiger partial charge in [0, 0.05) is 31.1 Å². The van der Waals surface area contributed by atoms with Crippen molar-refractivity contribution >= 4 is 17.4 Å². The zero-order valence-electron chi connectivity index (χ0n) is 12.7. The zero-order chi connectivity index (χ0) is 14.8. The summed E-state index contributed by atoms with van der Waals surface area (Å²) in [5, 5.41) is 0. The van der Waals surface area contributed by atoms with Gasteiger partial charge in [-0.3, -0.25) is 9.59 Å². The van der Waals surface area contributed by atoms with Gasteiger partial charge in [0.1, 0.15) is 0 Å². The van der Waals surface area contributed by atoms with Crippen LogP contribution in [0.2, 0.25) is 0 Å². The lowest BCUT2D eigenvalue weighted by Crippen LogP contribution is -2.31. The van der Waals surface area contributed by atoms with Crippen molar-refractivity contribution < 1.29 is 9.59 Å². The second kappa shape index (κ2) is 6.00. The summed E-state index contributed by atoms with van der Waals surface area (Å²) in [5.74, 6) is 1.17. The van der Waals surface area contributed by atoms with Gasteiger partial charge >= 0.3 is 0 Å². The number of aryl methyl sites for hydroxylation is 1. The van der Waals surface area contributed by atoms with Crippen LogP contribution in [0.4, 0.5) is 5.69 Å². The first-order chi connectivity index (χ1) is 10.1. The fraction of sp³-hybridized carbons (Fsp3) is 0.556. The molecule has 0 unspecified atom stereocenters. The van der Waals surface area contributed by atoms with E-state index in [0.29, 0.717) is 12.8 Å². The van der Waals surface area contributed by atoms with Crippen molar-refractivity contribution in [3.05, 3.63) is 29.3 Å². The summed E-state index contributed by atoms with van der Waals surface area (Å²) < 4.78 is 0. The first-order valence-corrected chi connectivity index (χ1v) is 8.08. The highest BCUT2D eigenvalue weighted by Crippen LogP contribution is 2.30. The first-order valence-electron chi connectivity index (χ1n) is 8.08. The molecule has 3 nitrogen and oxygen atoms in total. The molecule has 3 heteroatoms. The second-order valence-electron chi connectivity index (χ2n) is 6.41. The van der Waals surface area contributed by atoms with E-state index in [4.69, 9.17) is 0 Å². The summed E-state index contributed by atoms with van der Waals surface area (Å²) in [4.78, 5) is 25.7. The fourth-order valence-electron chi connectivity index (χ4n) is 3.61. The first kappa shape index (κ1) is 14.3. The molecule has 0 N–H and O–H groups in total. The number of ketones is 1. The number of fused-ring (bicyclic) bond motifs is 1. The number of carbonyl (C=O) groups excluding carboxylic acids is 2. The molecular weight excluding hydrogens is 262 g/mol. The molecule has 0 atom stereocenters. The minimum atomic E-state index is 0.155. The van der Waals surface area contributed by atoms with Crippen LogP contribution in [0.3, 0.4) is 0 Å². The highest BCUT2D eigenvalue weighted by molar-refractivity contribution is 5.99. The number of benzene rings is 1. The minimum absolute atomic E-state index is 0.155. The van der Waals surface area contributed by atoms with Crippen LogP contribution >= 0.6 is 0 Å². The monoisotopic (exact) mass is 285 g/mol. The van der Waals surface area contributed by atoms with E-state index in [1.807, 2.05) is 25.2 Å². The Labute approximate surface area is 126 Å². The second-order valence-corrected chi connectivity index (χ2v) is 6.41. The minimum Gasteiger partial charge on any atom is -0.315 e. The summed E-state index contributed by atoms with van der Waals surface area (Å²) in [6.45, 7) is 0. The number of anilines is 1. The SMILES string of the molecule is CN1C(=O)CCc2cc(C(=O)CCC3CCCC3)ccc21. The van der Waals surface area contributed by atoms with Crippen LogP contribution < -0.4 is 4.90 Å².